The van der Waals surface area contributed by atoms with Crippen molar-refractivity contribution in [1.29, 1.82) is 0 Å². The molecule has 1 heterocycles. The third kappa shape index (κ3) is 3.44. The summed E-state index contributed by atoms with van der Waals surface area (Å²) >= 11 is 12.2. The first-order valence-electron chi connectivity index (χ1n) is 7.35. The highest BCUT2D eigenvalue weighted by Gasteiger charge is 2.21. The first kappa shape index (κ1) is 17.6. The molecule has 0 bridgehead atoms. The maximum Gasteiger partial charge on any atom is 0.174 e. The quantitative estimate of drug-likeness (QED) is 0.687. The number of hydrogen-bond acceptors (Lipinski definition) is 5. The number of ether oxygens (including phenoxy) is 2. The van der Waals surface area contributed by atoms with E-state index in [1.807, 2.05) is 0 Å². The molecule has 0 aliphatic heterocycles. The molecule has 0 saturated carbocycles. The third-order valence-electron chi connectivity index (χ3n) is 3.75. The van der Waals surface area contributed by atoms with E-state index in [-0.39, 0.29) is 6.61 Å². The van der Waals surface area contributed by atoms with Crippen LogP contribution in [0.4, 0.5) is 0 Å². The molecule has 25 heavy (non-hydrogen) atoms. The van der Waals surface area contributed by atoms with Gasteiger partial charge < -0.3 is 19.1 Å². The van der Waals surface area contributed by atoms with Gasteiger partial charge in [0, 0.05) is 22.2 Å². The molecule has 3 aromatic rings. The van der Waals surface area contributed by atoms with Crippen LogP contribution in [0.1, 0.15) is 5.56 Å². The van der Waals surface area contributed by atoms with Gasteiger partial charge in [-0.15, -0.1) is 0 Å². The van der Waals surface area contributed by atoms with Crippen LogP contribution in [-0.2, 0) is 6.61 Å². The second kappa shape index (κ2) is 7.35. The van der Waals surface area contributed by atoms with Crippen molar-refractivity contribution < 1.29 is 19.1 Å². The Hall–Kier alpha value is -2.21. The van der Waals surface area contributed by atoms with Crippen LogP contribution in [0.25, 0.3) is 22.6 Å². The van der Waals surface area contributed by atoms with Crippen molar-refractivity contribution in [1.82, 2.24) is 5.16 Å². The van der Waals surface area contributed by atoms with Crippen LogP contribution in [0.15, 0.2) is 40.9 Å². The van der Waals surface area contributed by atoms with Gasteiger partial charge in [0.2, 0.25) is 0 Å². The summed E-state index contributed by atoms with van der Waals surface area (Å²) in [6, 6.07) is 10.3. The highest BCUT2D eigenvalue weighted by atomic mass is 35.5. The molecule has 0 fully saturated rings. The number of aliphatic hydroxyl groups excluding tert-OH is 1. The molecular weight excluding hydrogens is 365 g/mol. The molecule has 3 rings (SSSR count). The first-order chi connectivity index (χ1) is 12.1. The molecule has 1 aromatic heterocycles. The van der Waals surface area contributed by atoms with E-state index in [1.165, 1.54) is 0 Å². The fourth-order valence-electron chi connectivity index (χ4n) is 2.51. The Kier molecular flexibility index (Phi) is 5.18. The van der Waals surface area contributed by atoms with E-state index in [2.05, 4.69) is 5.16 Å². The lowest BCUT2D eigenvalue weighted by Crippen LogP contribution is -1.92. The zero-order chi connectivity index (χ0) is 18.0. The zero-order valence-electron chi connectivity index (χ0n) is 13.5. The monoisotopic (exact) mass is 379 g/mol. The topological polar surface area (TPSA) is 64.7 Å². The summed E-state index contributed by atoms with van der Waals surface area (Å²) in [5.41, 5.74) is 2.30. The molecule has 2 aromatic carbocycles. The Labute approximate surface area is 154 Å². The average molecular weight is 380 g/mol. The molecular formula is C18H15Cl2NO4. The molecule has 0 aliphatic rings. The summed E-state index contributed by atoms with van der Waals surface area (Å²) in [5.74, 6) is 1.60. The van der Waals surface area contributed by atoms with Gasteiger partial charge in [0.1, 0.15) is 17.2 Å². The van der Waals surface area contributed by atoms with Gasteiger partial charge in [0.15, 0.2) is 5.76 Å². The molecule has 0 aliphatic carbocycles. The summed E-state index contributed by atoms with van der Waals surface area (Å²) < 4.78 is 16.0. The highest BCUT2D eigenvalue weighted by Crippen LogP contribution is 2.38. The van der Waals surface area contributed by atoms with Gasteiger partial charge in [-0.3, -0.25) is 0 Å². The van der Waals surface area contributed by atoms with E-state index in [1.54, 1.807) is 50.6 Å². The van der Waals surface area contributed by atoms with Gasteiger partial charge >= 0.3 is 0 Å². The van der Waals surface area contributed by atoms with E-state index >= 15 is 0 Å². The molecule has 0 saturated heterocycles. The first-order valence-corrected chi connectivity index (χ1v) is 8.11. The lowest BCUT2D eigenvalue weighted by molar-refractivity contribution is 0.281. The largest absolute Gasteiger partial charge is 0.497 e. The van der Waals surface area contributed by atoms with Crippen LogP contribution in [0.5, 0.6) is 11.5 Å². The van der Waals surface area contributed by atoms with Crippen LogP contribution in [0.2, 0.25) is 10.0 Å². The summed E-state index contributed by atoms with van der Waals surface area (Å²) in [5, 5.41) is 14.9. The number of rotatable bonds is 5. The average Bonchev–Trinajstić information content (AvgIpc) is 3.04. The molecule has 0 amide bonds. The maximum absolute atomic E-state index is 9.88. The normalized spacial score (nSPS) is 10.8. The van der Waals surface area contributed by atoms with Crippen LogP contribution in [0.3, 0.4) is 0 Å². The molecule has 0 atom stereocenters. The van der Waals surface area contributed by atoms with Crippen molar-refractivity contribution in [3.8, 4) is 34.1 Å². The smallest absolute Gasteiger partial charge is 0.174 e. The van der Waals surface area contributed by atoms with Crippen molar-refractivity contribution in [3.05, 3.63) is 52.0 Å². The lowest BCUT2D eigenvalue weighted by Gasteiger charge is -2.08. The minimum Gasteiger partial charge on any atom is -0.497 e. The van der Waals surface area contributed by atoms with Crippen LogP contribution in [-0.4, -0.2) is 24.5 Å². The molecule has 7 heteroatoms. The molecule has 1 N–H and O–H groups in total. The minimum absolute atomic E-state index is 0.271. The molecule has 0 unspecified atom stereocenters. The number of nitrogens with zero attached hydrogens (tertiary/aromatic N) is 1. The summed E-state index contributed by atoms with van der Waals surface area (Å²) in [4.78, 5) is 0. The Morgan fingerprint density at radius 1 is 1.04 bits per heavy atom. The van der Waals surface area contributed by atoms with Gasteiger partial charge in [-0.2, -0.15) is 0 Å². The molecule has 130 valence electrons. The number of aliphatic hydroxyl groups is 1. The number of methoxy groups -OCH3 is 2. The van der Waals surface area contributed by atoms with Crippen molar-refractivity contribution in [3.63, 3.8) is 0 Å². The van der Waals surface area contributed by atoms with Gasteiger partial charge in [0.05, 0.1) is 31.4 Å². The summed E-state index contributed by atoms with van der Waals surface area (Å²) in [7, 11) is 3.13. The summed E-state index contributed by atoms with van der Waals surface area (Å²) in [6.07, 6.45) is 0. The second-order valence-corrected chi connectivity index (χ2v) is 6.07. The fraction of sp³-hybridized carbons (Fsp3) is 0.167. The minimum atomic E-state index is -0.271. The Balaban J connectivity index is 2.15. The number of benzene rings is 2. The predicted octanol–water partition coefficient (Wildman–Crippen LogP) is 4.82. The van der Waals surface area contributed by atoms with Crippen LogP contribution in [0, 0.1) is 0 Å². The highest BCUT2D eigenvalue weighted by molar-refractivity contribution is 6.36. The van der Waals surface area contributed by atoms with E-state index in [0.29, 0.717) is 49.7 Å². The SMILES string of the molecule is COc1cc(OC)cc(-c2noc(-c3ccc(Cl)cc3Cl)c2CO)c1. The van der Waals surface area contributed by atoms with Gasteiger partial charge in [0.25, 0.3) is 0 Å². The predicted molar refractivity (Wildman–Crippen MR) is 96.4 cm³/mol. The maximum atomic E-state index is 9.88. The van der Waals surface area contributed by atoms with Crippen molar-refractivity contribution in [2.45, 2.75) is 6.61 Å². The van der Waals surface area contributed by atoms with E-state index in [0.717, 1.165) is 0 Å². The van der Waals surface area contributed by atoms with Gasteiger partial charge in [-0.1, -0.05) is 28.4 Å². The Morgan fingerprint density at radius 3 is 2.28 bits per heavy atom. The van der Waals surface area contributed by atoms with E-state index < -0.39 is 0 Å². The second-order valence-electron chi connectivity index (χ2n) is 5.22. The molecule has 0 radical (unpaired) electrons. The van der Waals surface area contributed by atoms with Crippen LogP contribution < -0.4 is 9.47 Å². The van der Waals surface area contributed by atoms with E-state index in [9.17, 15) is 5.11 Å². The fourth-order valence-corrected chi connectivity index (χ4v) is 3.01. The summed E-state index contributed by atoms with van der Waals surface area (Å²) in [6.45, 7) is -0.271. The zero-order valence-corrected chi connectivity index (χ0v) is 15.1. The van der Waals surface area contributed by atoms with Crippen LogP contribution >= 0.6 is 23.2 Å². The molecule has 5 nitrogen and oxygen atoms in total. The van der Waals surface area contributed by atoms with Crippen molar-refractivity contribution >= 4 is 23.2 Å². The standard InChI is InChI=1S/C18H15Cl2NO4/c1-23-12-5-10(6-13(8-12)24-2)17-15(9-22)18(25-21-17)14-4-3-11(19)7-16(14)20/h3-8,22H,9H2,1-2H3. The molecule has 0 spiro atoms. The van der Waals surface area contributed by atoms with E-state index in [4.69, 9.17) is 37.2 Å². The van der Waals surface area contributed by atoms with Gasteiger partial charge in [-0.25, -0.2) is 0 Å². The number of aromatic nitrogens is 1. The van der Waals surface area contributed by atoms with Gasteiger partial charge in [-0.05, 0) is 30.3 Å². The lowest BCUT2D eigenvalue weighted by atomic mass is 10.0. The Bertz CT molecular complexity index is 886. The van der Waals surface area contributed by atoms with Crippen molar-refractivity contribution in [2.24, 2.45) is 0 Å². The number of halogens is 2. The number of hydrogen-bond donors (Lipinski definition) is 1. The third-order valence-corrected chi connectivity index (χ3v) is 4.29. The van der Waals surface area contributed by atoms with Crippen molar-refractivity contribution in [2.75, 3.05) is 14.2 Å². The Morgan fingerprint density at radius 2 is 1.72 bits per heavy atom.